The molecule has 178 valence electrons. The van der Waals surface area contributed by atoms with Gasteiger partial charge < -0.3 is 14.2 Å². The van der Waals surface area contributed by atoms with E-state index in [1.165, 1.54) is 0 Å². The van der Waals surface area contributed by atoms with Crippen LogP contribution in [0.2, 0.25) is 0 Å². The van der Waals surface area contributed by atoms with Crippen molar-refractivity contribution in [3.8, 4) is 17.2 Å². The Balaban J connectivity index is 1.68. The van der Waals surface area contributed by atoms with Crippen LogP contribution >= 0.6 is 0 Å². The molecule has 0 saturated carbocycles. The maximum absolute atomic E-state index is 6.86. The predicted octanol–water partition coefficient (Wildman–Crippen LogP) is 7.57. The number of nitrogens with zero attached hydrogens (tertiary/aromatic N) is 4. The van der Waals surface area contributed by atoms with Crippen LogP contribution in [0.25, 0.3) is 0 Å². The summed E-state index contributed by atoms with van der Waals surface area (Å²) in [7, 11) is 1.64. The number of fused-ring (bicyclic) bond motifs is 2. The number of aryl methyl sites for hydroxylation is 3. The van der Waals surface area contributed by atoms with Gasteiger partial charge in [-0.3, -0.25) is 0 Å². The van der Waals surface area contributed by atoms with E-state index in [-0.39, 0.29) is 0 Å². The van der Waals surface area contributed by atoms with Crippen molar-refractivity contribution in [2.45, 2.75) is 26.8 Å². The summed E-state index contributed by atoms with van der Waals surface area (Å²) in [5.41, 5.74) is 5.91. The topological polar surface area (TPSA) is 58.4 Å². The molecule has 2 heterocycles. The smallest absolute Gasteiger partial charge is 0.497 e. The Morgan fingerprint density at radius 3 is 1.69 bits per heavy atom. The van der Waals surface area contributed by atoms with Crippen LogP contribution in [0, 0.1) is 20.8 Å². The van der Waals surface area contributed by atoms with Crippen LogP contribution in [-0.4, -0.2) is 22.5 Å². The Morgan fingerprint density at radius 2 is 1.17 bits per heavy atom. The van der Waals surface area contributed by atoms with E-state index in [1.54, 1.807) is 16.5 Å². The van der Waals surface area contributed by atoms with Crippen molar-refractivity contribution in [2.75, 3.05) is 7.11 Å². The summed E-state index contributed by atoms with van der Waals surface area (Å²) in [4.78, 5) is 0. The van der Waals surface area contributed by atoms with Gasteiger partial charge in [0.05, 0.1) is 16.5 Å². The molecule has 4 aromatic rings. The third-order valence-electron chi connectivity index (χ3n) is 6.29. The van der Waals surface area contributed by atoms with Crippen LogP contribution in [0.15, 0.2) is 95.2 Å². The minimum Gasteiger partial charge on any atom is -0.497 e. The highest BCUT2D eigenvalue weighted by atomic mass is 16.8. The largest absolute Gasteiger partial charge is 0.762 e. The zero-order valence-corrected chi connectivity index (χ0v) is 20.6. The monoisotopic (exact) mass is 478 g/mol. The van der Waals surface area contributed by atoms with Crippen LogP contribution in [-0.2, 0) is 0 Å². The van der Waals surface area contributed by atoms with Gasteiger partial charge in [0, 0.05) is 40.6 Å². The maximum Gasteiger partial charge on any atom is 0.762 e. The fraction of sp³-hybridized carbons (Fsp3) is 0.172. The number of rotatable bonds is 3. The van der Waals surface area contributed by atoms with Gasteiger partial charge in [-0.2, -0.15) is 0 Å². The molecule has 0 radical (unpaired) electrons. The third kappa shape index (κ3) is 3.43. The second-order valence-electron chi connectivity index (χ2n) is 8.97. The number of benzene rings is 4. The molecule has 4 aromatic carbocycles. The standard InChI is InChI=1S/C29H26N4O3/c1-19-15-20(2)27-25(16-19)30-32(22-11-7-5-8-12-22)29(35-27)33(23-13-9-6-10-14-23)31-26-18-24(34-4)17-21(3)28(26)36-29/h5-18H,1-4H3/q+2/t29-/m0/s1. The number of hydrogen-bond donors (Lipinski definition) is 0. The van der Waals surface area contributed by atoms with E-state index in [1.807, 2.05) is 92.7 Å². The summed E-state index contributed by atoms with van der Waals surface area (Å²) >= 11 is 0. The highest BCUT2D eigenvalue weighted by molar-refractivity contribution is 5.61. The molecule has 7 nitrogen and oxygen atoms in total. The molecule has 2 aliphatic heterocycles. The Morgan fingerprint density at radius 1 is 0.667 bits per heavy atom. The van der Waals surface area contributed by atoms with Crippen LogP contribution in [0.5, 0.6) is 17.2 Å². The molecule has 1 spiro atoms. The molecule has 0 saturated heterocycles. The van der Waals surface area contributed by atoms with Crippen LogP contribution in [0.1, 0.15) is 16.7 Å². The lowest BCUT2D eigenvalue weighted by Crippen LogP contribution is -2.59. The van der Waals surface area contributed by atoms with Gasteiger partial charge in [0.25, 0.3) is 0 Å². The summed E-state index contributed by atoms with van der Waals surface area (Å²) in [6, 6.07) is 26.0. The quantitative estimate of drug-likeness (QED) is 0.285. The molecule has 2 aliphatic rings. The number of azo groups is 4. The normalized spacial score (nSPS) is 17.8. The molecule has 0 unspecified atom stereocenters. The average molecular weight is 479 g/mol. The predicted molar refractivity (Wildman–Crippen MR) is 135 cm³/mol. The SMILES string of the molecule is COc1cc(C)c2c(c1)N=[N+](c1ccccc1)[C@@]1(Oc3c(C)cc(C)cc3N=[N+]1c1ccccc1)O2. The van der Waals surface area contributed by atoms with Crippen LogP contribution in [0.3, 0.4) is 0 Å². The van der Waals surface area contributed by atoms with E-state index in [9.17, 15) is 0 Å². The fourth-order valence-electron chi connectivity index (χ4n) is 4.66. The van der Waals surface area contributed by atoms with Crippen molar-refractivity contribution in [2.24, 2.45) is 10.2 Å². The summed E-state index contributed by atoms with van der Waals surface area (Å²) in [6.07, 6.45) is 0. The number of para-hydroxylation sites is 2. The third-order valence-corrected chi connectivity index (χ3v) is 6.29. The minimum absolute atomic E-state index is 0.604. The Hall–Kier alpha value is -4.52. The minimum atomic E-state index is -1.55. The van der Waals surface area contributed by atoms with E-state index < -0.39 is 6.03 Å². The molecule has 36 heavy (non-hydrogen) atoms. The van der Waals surface area contributed by atoms with Crippen molar-refractivity contribution < 1.29 is 23.6 Å². The highest BCUT2D eigenvalue weighted by Gasteiger charge is 2.71. The zero-order chi connectivity index (χ0) is 24.9. The molecular formula is C29H26N4O3+2. The van der Waals surface area contributed by atoms with Gasteiger partial charge >= 0.3 is 6.03 Å². The van der Waals surface area contributed by atoms with Crippen molar-refractivity contribution in [3.05, 3.63) is 102 Å². The number of methoxy groups -OCH3 is 1. The molecule has 6 rings (SSSR count). The van der Waals surface area contributed by atoms with Crippen molar-refractivity contribution >= 4 is 22.7 Å². The molecule has 0 aliphatic carbocycles. The Labute approximate surface area is 209 Å². The van der Waals surface area contributed by atoms with Gasteiger partial charge in [-0.1, -0.05) is 42.5 Å². The van der Waals surface area contributed by atoms with Gasteiger partial charge in [-0.05, 0) is 49.6 Å². The van der Waals surface area contributed by atoms with Crippen molar-refractivity contribution in [1.29, 1.82) is 0 Å². The molecule has 1 atom stereocenters. The maximum atomic E-state index is 6.86. The average Bonchev–Trinajstić information content (AvgIpc) is 2.90. The Kier molecular flexibility index (Phi) is 5.07. The molecule has 0 bridgehead atoms. The fourth-order valence-corrected chi connectivity index (χ4v) is 4.66. The number of ether oxygens (including phenoxy) is 3. The first kappa shape index (κ1) is 22.0. The van der Waals surface area contributed by atoms with Gasteiger partial charge in [0.2, 0.25) is 11.4 Å². The summed E-state index contributed by atoms with van der Waals surface area (Å²) in [5.74, 6) is 1.96. The van der Waals surface area contributed by atoms with E-state index >= 15 is 0 Å². The lowest BCUT2D eigenvalue weighted by atomic mass is 10.1. The lowest BCUT2D eigenvalue weighted by Gasteiger charge is -2.29. The number of hydrogen-bond acceptors (Lipinski definition) is 5. The van der Waals surface area contributed by atoms with Gasteiger partial charge in [-0.15, -0.1) is 0 Å². The first-order valence-electron chi connectivity index (χ1n) is 11.8. The highest BCUT2D eigenvalue weighted by Crippen LogP contribution is 2.49. The van der Waals surface area contributed by atoms with Crippen LogP contribution < -0.4 is 14.2 Å². The lowest BCUT2D eigenvalue weighted by molar-refractivity contribution is -0.902. The van der Waals surface area contributed by atoms with E-state index in [4.69, 9.17) is 24.4 Å². The second kappa shape index (κ2) is 8.30. The summed E-state index contributed by atoms with van der Waals surface area (Å²) in [6.45, 7) is 6.04. The van der Waals surface area contributed by atoms with E-state index in [0.29, 0.717) is 22.9 Å². The van der Waals surface area contributed by atoms with E-state index in [0.717, 1.165) is 33.8 Å². The molecular weight excluding hydrogens is 452 g/mol. The van der Waals surface area contributed by atoms with Gasteiger partial charge in [-0.25, -0.2) is 0 Å². The van der Waals surface area contributed by atoms with Crippen molar-refractivity contribution in [1.82, 2.24) is 0 Å². The zero-order valence-electron chi connectivity index (χ0n) is 20.6. The summed E-state index contributed by atoms with van der Waals surface area (Å²) < 4.78 is 22.7. The molecule has 0 aromatic heterocycles. The summed E-state index contributed by atoms with van der Waals surface area (Å²) in [5, 5.41) is 10.1. The second-order valence-corrected chi connectivity index (χ2v) is 8.97. The first-order valence-corrected chi connectivity index (χ1v) is 11.8. The van der Waals surface area contributed by atoms with Gasteiger partial charge in [0.15, 0.2) is 22.9 Å². The van der Waals surface area contributed by atoms with Crippen molar-refractivity contribution in [3.63, 3.8) is 0 Å². The molecule has 7 heteroatoms. The molecule has 0 amide bonds. The van der Waals surface area contributed by atoms with Crippen LogP contribution in [0.4, 0.5) is 22.7 Å². The molecule has 0 fully saturated rings. The van der Waals surface area contributed by atoms with E-state index in [2.05, 4.69) is 13.0 Å². The Bertz CT molecular complexity index is 1550. The van der Waals surface area contributed by atoms with Gasteiger partial charge in [0.1, 0.15) is 5.75 Å². The first-order chi connectivity index (χ1) is 17.5. The molecule has 0 N–H and O–H groups in total.